The number of ketones is 1. The van der Waals surface area contributed by atoms with Crippen LogP contribution in [-0.4, -0.2) is 33.3 Å². The minimum absolute atomic E-state index is 0.0649. The number of ether oxygens (including phenoxy) is 1. The van der Waals surface area contributed by atoms with Crippen LogP contribution in [0.1, 0.15) is 33.5 Å². The van der Waals surface area contributed by atoms with Gasteiger partial charge < -0.3 is 4.74 Å². The van der Waals surface area contributed by atoms with Crippen LogP contribution in [0.4, 0.5) is 0 Å². The Morgan fingerprint density at radius 1 is 1.04 bits per heavy atom. The molecule has 7 heteroatoms. The van der Waals surface area contributed by atoms with Gasteiger partial charge in [0.15, 0.2) is 12.4 Å². The molecule has 0 heterocycles. The van der Waals surface area contributed by atoms with E-state index in [1.807, 2.05) is 19.1 Å². The molecule has 142 valence electrons. The Hall–Kier alpha value is -2.51. The molecule has 0 aliphatic heterocycles. The molecule has 0 amide bonds. The SMILES string of the molecule is Cc1ccc(S(=O)(=O)NCC(=O)OCC(=O)c2ccc3c(c2)CCC3)cc1. The number of sulfonamides is 1. The zero-order valence-electron chi connectivity index (χ0n) is 15.0. The van der Waals surface area contributed by atoms with Gasteiger partial charge in [0.2, 0.25) is 10.0 Å². The number of aryl methyl sites for hydroxylation is 3. The van der Waals surface area contributed by atoms with Crippen molar-refractivity contribution in [3.05, 3.63) is 64.7 Å². The molecular weight excluding hydrogens is 366 g/mol. The Morgan fingerprint density at radius 2 is 1.74 bits per heavy atom. The van der Waals surface area contributed by atoms with Crippen molar-refractivity contribution in [3.63, 3.8) is 0 Å². The van der Waals surface area contributed by atoms with E-state index >= 15 is 0 Å². The zero-order chi connectivity index (χ0) is 19.4. The number of hydrogen-bond acceptors (Lipinski definition) is 5. The van der Waals surface area contributed by atoms with E-state index < -0.39 is 29.1 Å². The predicted octanol–water partition coefficient (Wildman–Crippen LogP) is 2.19. The van der Waals surface area contributed by atoms with Gasteiger partial charge in [0.1, 0.15) is 6.54 Å². The van der Waals surface area contributed by atoms with Crippen molar-refractivity contribution in [1.82, 2.24) is 4.72 Å². The molecule has 27 heavy (non-hydrogen) atoms. The van der Waals surface area contributed by atoms with Crippen molar-refractivity contribution in [3.8, 4) is 0 Å². The van der Waals surface area contributed by atoms with Crippen LogP contribution in [0.15, 0.2) is 47.4 Å². The zero-order valence-corrected chi connectivity index (χ0v) is 15.8. The van der Waals surface area contributed by atoms with Gasteiger partial charge in [0.05, 0.1) is 4.90 Å². The van der Waals surface area contributed by atoms with Gasteiger partial charge in [-0.3, -0.25) is 9.59 Å². The Bertz CT molecular complexity index is 964. The summed E-state index contributed by atoms with van der Waals surface area (Å²) >= 11 is 0. The lowest BCUT2D eigenvalue weighted by Gasteiger charge is -2.08. The Kier molecular flexibility index (Phi) is 5.72. The highest BCUT2D eigenvalue weighted by Crippen LogP contribution is 2.23. The molecule has 0 bridgehead atoms. The molecule has 0 saturated carbocycles. The van der Waals surface area contributed by atoms with Crippen LogP contribution >= 0.6 is 0 Å². The van der Waals surface area contributed by atoms with Crippen molar-refractivity contribution in [2.45, 2.75) is 31.1 Å². The van der Waals surface area contributed by atoms with E-state index in [2.05, 4.69) is 4.72 Å². The van der Waals surface area contributed by atoms with E-state index in [0.29, 0.717) is 5.56 Å². The molecule has 0 unspecified atom stereocenters. The number of esters is 1. The maximum Gasteiger partial charge on any atom is 0.321 e. The topological polar surface area (TPSA) is 89.5 Å². The third-order valence-electron chi connectivity index (χ3n) is 4.52. The lowest BCUT2D eigenvalue weighted by molar-refractivity contribution is -0.141. The van der Waals surface area contributed by atoms with Crippen LogP contribution in [0.5, 0.6) is 0 Å². The summed E-state index contributed by atoms with van der Waals surface area (Å²) in [5, 5.41) is 0. The summed E-state index contributed by atoms with van der Waals surface area (Å²) < 4.78 is 31.4. The molecule has 0 atom stereocenters. The quantitative estimate of drug-likeness (QED) is 0.581. The molecule has 2 aromatic carbocycles. The van der Waals surface area contributed by atoms with Crippen molar-refractivity contribution >= 4 is 21.8 Å². The number of hydrogen-bond donors (Lipinski definition) is 1. The normalized spacial score (nSPS) is 13.2. The van der Waals surface area contributed by atoms with Gasteiger partial charge in [-0.2, -0.15) is 4.72 Å². The van der Waals surface area contributed by atoms with Crippen molar-refractivity contribution in [1.29, 1.82) is 0 Å². The summed E-state index contributed by atoms with van der Waals surface area (Å²) in [7, 11) is -3.81. The minimum Gasteiger partial charge on any atom is -0.456 e. The molecule has 1 aliphatic carbocycles. The summed E-state index contributed by atoms with van der Waals surface area (Å²) in [6, 6.07) is 11.8. The van der Waals surface area contributed by atoms with Gasteiger partial charge in [0.25, 0.3) is 0 Å². The summed E-state index contributed by atoms with van der Waals surface area (Å²) in [5.74, 6) is -1.11. The number of rotatable bonds is 7. The summed E-state index contributed by atoms with van der Waals surface area (Å²) in [5.41, 5.74) is 3.86. The minimum atomic E-state index is -3.81. The van der Waals surface area contributed by atoms with Crippen molar-refractivity contribution < 1.29 is 22.7 Å². The van der Waals surface area contributed by atoms with Crippen LogP contribution in [0.3, 0.4) is 0 Å². The predicted molar refractivity (Wildman–Crippen MR) is 100 cm³/mol. The Balaban J connectivity index is 1.50. The molecule has 1 aliphatic rings. The molecule has 0 spiro atoms. The van der Waals surface area contributed by atoms with Gasteiger partial charge in [-0.25, -0.2) is 8.42 Å². The first-order valence-corrected chi connectivity index (χ1v) is 10.2. The highest BCUT2D eigenvalue weighted by Gasteiger charge is 2.18. The molecule has 0 fully saturated rings. The average molecular weight is 387 g/mol. The first kappa shape index (κ1) is 19.3. The lowest BCUT2D eigenvalue weighted by atomic mass is 10.0. The number of carbonyl (C=O) groups is 2. The van der Waals surface area contributed by atoms with Gasteiger partial charge in [0, 0.05) is 5.56 Å². The first-order valence-electron chi connectivity index (χ1n) is 8.72. The molecule has 0 aromatic heterocycles. The van der Waals surface area contributed by atoms with Gasteiger partial charge in [-0.05, 0) is 55.5 Å². The van der Waals surface area contributed by atoms with E-state index in [9.17, 15) is 18.0 Å². The second-order valence-electron chi connectivity index (χ2n) is 6.56. The second kappa shape index (κ2) is 8.02. The fourth-order valence-corrected chi connectivity index (χ4v) is 3.95. The molecule has 2 aromatic rings. The van der Waals surface area contributed by atoms with E-state index in [-0.39, 0.29) is 10.7 Å². The Labute approximate surface area is 158 Å². The van der Waals surface area contributed by atoms with E-state index in [4.69, 9.17) is 4.74 Å². The monoisotopic (exact) mass is 387 g/mol. The number of carbonyl (C=O) groups excluding carboxylic acids is 2. The van der Waals surface area contributed by atoms with Crippen LogP contribution in [0.2, 0.25) is 0 Å². The van der Waals surface area contributed by atoms with Gasteiger partial charge >= 0.3 is 5.97 Å². The molecule has 3 rings (SSSR count). The summed E-state index contributed by atoms with van der Waals surface area (Å²) in [4.78, 5) is 24.0. The van der Waals surface area contributed by atoms with E-state index in [1.165, 1.54) is 17.7 Å². The van der Waals surface area contributed by atoms with Crippen LogP contribution in [0, 0.1) is 6.92 Å². The Morgan fingerprint density at radius 3 is 2.48 bits per heavy atom. The van der Waals surface area contributed by atoms with E-state index in [1.54, 1.807) is 18.2 Å². The number of Topliss-reactive ketones (excluding diaryl/α,β-unsaturated/α-hetero) is 1. The third-order valence-corrected chi connectivity index (χ3v) is 5.94. The highest BCUT2D eigenvalue weighted by atomic mass is 32.2. The second-order valence-corrected chi connectivity index (χ2v) is 8.33. The average Bonchev–Trinajstić information content (AvgIpc) is 3.12. The van der Waals surface area contributed by atoms with Crippen LogP contribution in [-0.2, 0) is 32.4 Å². The van der Waals surface area contributed by atoms with Crippen LogP contribution < -0.4 is 4.72 Å². The molecule has 1 N–H and O–H groups in total. The number of benzene rings is 2. The standard InChI is InChI=1S/C20H21NO5S/c1-14-5-9-18(10-6-14)27(24,25)21-12-20(23)26-13-19(22)17-8-7-15-3-2-4-16(15)11-17/h5-11,21H,2-4,12-13H2,1H3. The van der Waals surface area contributed by atoms with E-state index in [0.717, 1.165) is 30.4 Å². The fraction of sp³-hybridized carbons (Fsp3) is 0.300. The van der Waals surface area contributed by atoms with Gasteiger partial charge in [-0.1, -0.05) is 29.8 Å². The number of fused-ring (bicyclic) bond motifs is 1. The highest BCUT2D eigenvalue weighted by molar-refractivity contribution is 7.89. The fourth-order valence-electron chi connectivity index (χ4n) is 2.98. The lowest BCUT2D eigenvalue weighted by Crippen LogP contribution is -2.31. The van der Waals surface area contributed by atoms with Crippen LogP contribution in [0.25, 0.3) is 0 Å². The third kappa shape index (κ3) is 4.81. The first-order chi connectivity index (χ1) is 12.8. The maximum atomic E-state index is 12.2. The summed E-state index contributed by atoms with van der Waals surface area (Å²) in [6.07, 6.45) is 3.07. The largest absolute Gasteiger partial charge is 0.456 e. The molecular formula is C20H21NO5S. The smallest absolute Gasteiger partial charge is 0.321 e. The van der Waals surface area contributed by atoms with Crippen molar-refractivity contribution in [2.75, 3.05) is 13.2 Å². The molecule has 0 radical (unpaired) electrons. The maximum absolute atomic E-state index is 12.2. The molecule has 6 nitrogen and oxygen atoms in total. The number of nitrogens with one attached hydrogen (secondary N) is 1. The summed E-state index contributed by atoms with van der Waals surface area (Å²) in [6.45, 7) is 0.900. The molecule has 0 saturated heterocycles. The van der Waals surface area contributed by atoms with Crippen molar-refractivity contribution in [2.24, 2.45) is 0 Å². The van der Waals surface area contributed by atoms with Gasteiger partial charge in [-0.15, -0.1) is 0 Å².